The van der Waals surface area contributed by atoms with Gasteiger partial charge in [0.1, 0.15) is 6.23 Å². The van der Waals surface area contributed by atoms with E-state index in [2.05, 4.69) is 15.0 Å². The molecule has 3 aromatic rings. The largest absolute Gasteiger partial charge is 0.400 e. The first-order chi connectivity index (χ1) is 17.8. The first-order valence-corrected chi connectivity index (χ1v) is 12.0. The van der Waals surface area contributed by atoms with Crippen molar-refractivity contribution in [1.82, 2.24) is 19.5 Å². The molecule has 1 aliphatic rings. The Labute approximate surface area is 216 Å². The molecule has 1 fully saturated rings. The molecule has 0 aliphatic carbocycles. The van der Waals surface area contributed by atoms with Gasteiger partial charge in [0.05, 0.1) is 35.6 Å². The summed E-state index contributed by atoms with van der Waals surface area (Å²) in [5.41, 5.74) is 6.25. The number of ether oxygens (including phenoxy) is 2. The highest BCUT2D eigenvalue weighted by atomic mass is 16.6. The van der Waals surface area contributed by atoms with Crippen LogP contribution in [-0.4, -0.2) is 61.6 Å². The number of para-hydroxylation sites is 1. The Morgan fingerprint density at radius 1 is 1.27 bits per heavy atom. The van der Waals surface area contributed by atoms with E-state index in [1.165, 1.54) is 13.0 Å². The number of nitrogens with zero attached hydrogens (tertiary/aromatic N) is 4. The van der Waals surface area contributed by atoms with E-state index in [0.29, 0.717) is 17.8 Å². The number of rotatable bonds is 5. The fraction of sp³-hybridized carbons (Fsp3) is 0.542. The van der Waals surface area contributed by atoms with Gasteiger partial charge in [-0.2, -0.15) is 4.98 Å². The zero-order valence-corrected chi connectivity index (χ0v) is 22.5. The Morgan fingerprint density at radius 2 is 1.89 bits per heavy atom. The van der Waals surface area contributed by atoms with Crippen molar-refractivity contribution in [3.8, 4) is 0 Å². The average molecular weight is 525 g/mol. The number of aliphatic hydroxyl groups is 2. The molecule has 13 nitrogen and oxygen atoms in total. The average Bonchev–Trinajstić information content (AvgIpc) is 3.55. The summed E-state index contributed by atoms with van der Waals surface area (Å²) in [6.07, 6.45) is 2.37. The predicted octanol–water partition coefficient (Wildman–Crippen LogP) is 3.33. The normalized spacial score (nSPS) is 16.5. The molecular formula is C24H40N6O7. The second kappa shape index (κ2) is 17.9. The van der Waals surface area contributed by atoms with Gasteiger partial charge >= 0.3 is 0 Å². The Morgan fingerprint density at radius 3 is 2.43 bits per heavy atom. The summed E-state index contributed by atoms with van der Waals surface area (Å²) >= 11 is 0. The Bertz CT molecular complexity index is 1120. The molecule has 0 saturated carbocycles. The minimum absolute atomic E-state index is 0.0347. The molecule has 3 heterocycles. The molecule has 5 N–H and O–H groups in total. The lowest BCUT2D eigenvalue weighted by Gasteiger charge is -2.14. The number of anilines is 1. The first-order valence-electron chi connectivity index (χ1n) is 12.0. The molecule has 3 atom stereocenters. The zero-order valence-electron chi connectivity index (χ0n) is 22.5. The van der Waals surface area contributed by atoms with Gasteiger partial charge in [0, 0.05) is 20.3 Å². The number of aromatic amines is 1. The number of hydrogen-bond donors (Lipinski definition) is 4. The minimum atomic E-state index is -0.799. The lowest BCUT2D eigenvalue weighted by molar-refractivity contribution is -0.386. The molecule has 4 rings (SSSR count). The van der Waals surface area contributed by atoms with Crippen LogP contribution in [0, 0.1) is 10.1 Å². The third kappa shape index (κ3) is 9.53. The van der Waals surface area contributed by atoms with Crippen molar-refractivity contribution in [3.63, 3.8) is 0 Å². The van der Waals surface area contributed by atoms with E-state index < -0.39 is 11.0 Å². The van der Waals surface area contributed by atoms with Crippen LogP contribution < -0.4 is 11.3 Å². The van der Waals surface area contributed by atoms with Gasteiger partial charge in [0.15, 0.2) is 11.2 Å². The molecule has 0 amide bonds. The van der Waals surface area contributed by atoms with Crippen molar-refractivity contribution >= 4 is 22.8 Å². The third-order valence-corrected chi connectivity index (χ3v) is 4.78. The van der Waals surface area contributed by atoms with Crippen molar-refractivity contribution in [3.05, 3.63) is 56.6 Å². The molecule has 3 unspecified atom stereocenters. The number of nitro groups is 1. The Kier molecular flexibility index (Phi) is 16.3. The highest BCUT2D eigenvalue weighted by Crippen LogP contribution is 2.30. The summed E-state index contributed by atoms with van der Waals surface area (Å²) < 4.78 is 12.7. The molecule has 0 radical (unpaired) electrons. The Balaban J connectivity index is 0.000000624. The van der Waals surface area contributed by atoms with Crippen molar-refractivity contribution in [2.45, 2.75) is 65.9 Å². The molecule has 37 heavy (non-hydrogen) atoms. The maximum Gasteiger partial charge on any atom is 0.280 e. The number of H-pyrrole nitrogens is 1. The summed E-state index contributed by atoms with van der Waals surface area (Å²) in [6, 6.07) is 6.16. The van der Waals surface area contributed by atoms with Gasteiger partial charge in [-0.15, -0.1) is 0 Å². The van der Waals surface area contributed by atoms with E-state index in [4.69, 9.17) is 25.4 Å². The summed E-state index contributed by atoms with van der Waals surface area (Å²) in [4.78, 5) is 32.2. The number of hydrogen-bond acceptors (Lipinski definition) is 10. The van der Waals surface area contributed by atoms with E-state index in [9.17, 15) is 14.9 Å². The van der Waals surface area contributed by atoms with Crippen LogP contribution in [0.4, 0.5) is 11.6 Å². The topological polar surface area (TPSA) is 192 Å². The molecule has 208 valence electrons. The highest BCUT2D eigenvalue weighted by molar-refractivity contribution is 5.70. The molecule has 0 bridgehead atoms. The molecule has 2 aromatic heterocycles. The van der Waals surface area contributed by atoms with E-state index in [1.54, 1.807) is 36.2 Å². The number of benzene rings is 1. The molecule has 13 heteroatoms. The minimum Gasteiger partial charge on any atom is -0.400 e. The van der Waals surface area contributed by atoms with Crippen molar-refractivity contribution in [1.29, 1.82) is 0 Å². The van der Waals surface area contributed by atoms with Crippen LogP contribution in [0.5, 0.6) is 0 Å². The monoisotopic (exact) mass is 524 g/mol. The van der Waals surface area contributed by atoms with Crippen LogP contribution in [0.1, 0.15) is 65.4 Å². The standard InChI is InChI=1S/C11H15N5O3.C8H9NO3.2C2H6.CH4O/c1-18-4-6-2-3-7(19-6)16-5-13-8-9(16)14-11(12)15-10(8)17;1-6(10)7-4-2-3-5-8(7)9(11)12;3*1-2/h5-7H,2-4H2,1H3,(H3,12,14,15,17);2-6,10H,1H3;2*1-2H3;2H,1H3. The number of nitrogen functional groups attached to an aromatic ring is 1. The van der Waals surface area contributed by atoms with Crippen LogP contribution in [-0.2, 0) is 9.47 Å². The molecule has 1 aliphatic heterocycles. The van der Waals surface area contributed by atoms with Gasteiger partial charge in [-0.3, -0.25) is 24.5 Å². The molecular weight excluding hydrogens is 484 g/mol. The number of aromatic nitrogens is 4. The molecule has 1 saturated heterocycles. The van der Waals surface area contributed by atoms with Crippen LogP contribution in [0.3, 0.4) is 0 Å². The quantitative estimate of drug-likeness (QED) is 0.284. The van der Waals surface area contributed by atoms with Crippen molar-refractivity contribution in [2.75, 3.05) is 26.6 Å². The number of imidazole rings is 1. The highest BCUT2D eigenvalue weighted by Gasteiger charge is 2.28. The second-order valence-electron chi connectivity index (χ2n) is 7.01. The summed E-state index contributed by atoms with van der Waals surface area (Å²) in [5.74, 6) is 0.0747. The number of fused-ring (bicyclic) bond motifs is 1. The van der Waals surface area contributed by atoms with E-state index >= 15 is 0 Å². The third-order valence-electron chi connectivity index (χ3n) is 4.78. The molecule has 1 aromatic carbocycles. The number of methoxy groups -OCH3 is 1. The van der Waals surface area contributed by atoms with Crippen LogP contribution >= 0.6 is 0 Å². The number of nitrogens with two attached hydrogens (primary N) is 1. The SMILES string of the molecule is CC.CC.CC(O)c1ccccc1[N+](=O)[O-].CO.COCC1CCC(n2cnc3c(=O)[nH]c(N)nc32)O1. The van der Waals surface area contributed by atoms with Gasteiger partial charge in [-0.05, 0) is 25.8 Å². The van der Waals surface area contributed by atoms with Crippen molar-refractivity contribution in [2.24, 2.45) is 0 Å². The maximum atomic E-state index is 11.7. The summed E-state index contributed by atoms with van der Waals surface area (Å²) in [5, 5.41) is 26.6. The van der Waals surface area contributed by atoms with E-state index in [-0.39, 0.29) is 35.0 Å². The zero-order chi connectivity index (χ0) is 28.5. The molecule has 0 spiro atoms. The van der Waals surface area contributed by atoms with Crippen LogP contribution in [0.15, 0.2) is 35.4 Å². The first kappa shape index (κ1) is 33.6. The lowest BCUT2D eigenvalue weighted by Crippen LogP contribution is -2.16. The second-order valence-corrected chi connectivity index (χ2v) is 7.01. The van der Waals surface area contributed by atoms with Crippen LogP contribution in [0.25, 0.3) is 11.2 Å². The fourth-order valence-electron chi connectivity index (χ4n) is 3.36. The van der Waals surface area contributed by atoms with Gasteiger partial charge in [0.2, 0.25) is 5.95 Å². The maximum absolute atomic E-state index is 11.7. The fourth-order valence-corrected chi connectivity index (χ4v) is 3.36. The van der Waals surface area contributed by atoms with Crippen LogP contribution in [0.2, 0.25) is 0 Å². The predicted molar refractivity (Wildman–Crippen MR) is 142 cm³/mol. The van der Waals surface area contributed by atoms with E-state index in [1.807, 2.05) is 27.7 Å². The van der Waals surface area contributed by atoms with Gasteiger partial charge < -0.3 is 25.4 Å². The smallest absolute Gasteiger partial charge is 0.280 e. The number of nitrogens with one attached hydrogen (secondary N) is 1. The lowest BCUT2D eigenvalue weighted by atomic mass is 10.1. The van der Waals surface area contributed by atoms with Gasteiger partial charge in [-0.1, -0.05) is 39.8 Å². The van der Waals surface area contributed by atoms with Gasteiger partial charge in [-0.25, -0.2) is 4.98 Å². The summed E-state index contributed by atoms with van der Waals surface area (Å²) in [7, 11) is 2.64. The Hall–Kier alpha value is -3.39. The van der Waals surface area contributed by atoms with Gasteiger partial charge in [0.25, 0.3) is 11.2 Å². The van der Waals surface area contributed by atoms with E-state index in [0.717, 1.165) is 20.0 Å². The summed E-state index contributed by atoms with van der Waals surface area (Å²) in [6.45, 7) is 10.1. The number of nitro benzene ring substituents is 1. The number of aliphatic hydroxyl groups excluding tert-OH is 2. The van der Waals surface area contributed by atoms with Crippen molar-refractivity contribution < 1.29 is 24.6 Å².